The van der Waals surface area contributed by atoms with Crippen LogP contribution in [0.15, 0.2) is 30.5 Å². The van der Waals surface area contributed by atoms with Crippen LogP contribution in [0.4, 0.5) is 0 Å². The Bertz CT molecular complexity index is 1370. The molecule has 2 aromatic heterocycles. The van der Waals surface area contributed by atoms with Gasteiger partial charge < -0.3 is 15.8 Å². The lowest BCUT2D eigenvalue weighted by molar-refractivity contribution is 0.100. The fraction of sp³-hybridized carbons (Fsp3) is 0.381. The van der Waals surface area contributed by atoms with Crippen LogP contribution in [0.2, 0.25) is 0 Å². The van der Waals surface area contributed by atoms with E-state index in [9.17, 15) is 21.6 Å². The van der Waals surface area contributed by atoms with Crippen molar-refractivity contribution in [2.75, 3.05) is 23.9 Å². The number of carbonyl (C=O) groups excluding carboxylic acids is 1. The molecule has 1 fully saturated rings. The molecule has 4 N–H and O–H groups in total. The van der Waals surface area contributed by atoms with Gasteiger partial charge in [-0.2, -0.15) is 0 Å². The Kier molecular flexibility index (Phi) is 6.19. The first-order chi connectivity index (χ1) is 15.1. The fourth-order valence-corrected chi connectivity index (χ4v) is 8.18. The number of aliphatic hydroxyl groups is 1. The van der Waals surface area contributed by atoms with Crippen LogP contribution in [-0.4, -0.2) is 56.7 Å². The van der Waals surface area contributed by atoms with Crippen molar-refractivity contribution in [3.63, 3.8) is 0 Å². The van der Waals surface area contributed by atoms with Crippen LogP contribution in [0.3, 0.4) is 0 Å². The Morgan fingerprint density at radius 3 is 2.59 bits per heavy atom. The van der Waals surface area contributed by atoms with E-state index in [0.717, 1.165) is 21.4 Å². The van der Waals surface area contributed by atoms with Crippen LogP contribution in [0.5, 0.6) is 0 Å². The molecule has 1 aromatic carbocycles. The van der Waals surface area contributed by atoms with Crippen LogP contribution in [0, 0.1) is 0 Å². The van der Waals surface area contributed by atoms with Crippen LogP contribution < -0.4 is 5.73 Å². The molecule has 0 saturated carbocycles. The number of H-pyrrole nitrogens is 1. The summed E-state index contributed by atoms with van der Waals surface area (Å²) in [6, 6.07) is 7.16. The van der Waals surface area contributed by atoms with E-state index in [-0.39, 0.29) is 28.9 Å². The van der Waals surface area contributed by atoms with E-state index in [2.05, 4.69) is 4.98 Å². The molecule has 32 heavy (non-hydrogen) atoms. The third-order valence-electron chi connectivity index (χ3n) is 5.79. The summed E-state index contributed by atoms with van der Waals surface area (Å²) in [5, 5.41) is 9.75. The van der Waals surface area contributed by atoms with Gasteiger partial charge in [0.2, 0.25) is 0 Å². The van der Waals surface area contributed by atoms with Gasteiger partial charge in [0, 0.05) is 21.3 Å². The number of benzene rings is 1. The molecule has 172 valence electrons. The normalized spacial score (nSPS) is 17.0. The molecular weight excluding hydrogens is 472 g/mol. The Morgan fingerprint density at radius 2 is 1.94 bits per heavy atom. The lowest BCUT2D eigenvalue weighted by atomic mass is 9.91. The van der Waals surface area contributed by atoms with Gasteiger partial charge in [-0.1, -0.05) is 0 Å². The number of aromatic nitrogens is 1. The maximum absolute atomic E-state index is 12.2. The number of nitrogens with two attached hydrogens (primary N) is 1. The summed E-state index contributed by atoms with van der Waals surface area (Å²) in [5.41, 5.74) is 8.28. The molecule has 0 unspecified atom stereocenters. The minimum Gasteiger partial charge on any atom is -0.395 e. The number of thiophene rings is 1. The third-order valence-corrected chi connectivity index (χ3v) is 10.4. The first-order valence-corrected chi connectivity index (χ1v) is 14.6. The van der Waals surface area contributed by atoms with Gasteiger partial charge >= 0.3 is 0 Å². The van der Waals surface area contributed by atoms with Crippen molar-refractivity contribution in [1.82, 2.24) is 4.98 Å². The standard InChI is InChI=1S/C21H24N2O6S3/c22-21(25)17-10-14(19-2-1-15(30-19)12-32(28,29)8-5-24)9-16-18(11-23-20(16)17)13-3-6-31(26,27)7-4-13/h1-2,9-11,13,23-24H,3-8,12H2,(H2,22,25). The number of fused-ring (bicyclic) bond motifs is 1. The molecule has 11 heteroatoms. The van der Waals surface area contributed by atoms with Gasteiger partial charge in [0.1, 0.15) is 9.84 Å². The molecule has 0 atom stereocenters. The first-order valence-electron chi connectivity index (χ1n) is 10.1. The Morgan fingerprint density at radius 1 is 1.22 bits per heavy atom. The number of hydrogen-bond acceptors (Lipinski definition) is 7. The second kappa shape index (κ2) is 8.62. The number of rotatable bonds is 7. The van der Waals surface area contributed by atoms with Gasteiger partial charge in [-0.05, 0) is 54.2 Å². The lowest BCUT2D eigenvalue weighted by Gasteiger charge is -2.21. The van der Waals surface area contributed by atoms with Crippen LogP contribution in [-0.2, 0) is 25.4 Å². The molecule has 1 aliphatic heterocycles. The van der Waals surface area contributed by atoms with E-state index >= 15 is 0 Å². The van der Waals surface area contributed by atoms with E-state index in [1.54, 1.807) is 18.2 Å². The summed E-state index contributed by atoms with van der Waals surface area (Å²) in [5.74, 6) is -0.687. The average molecular weight is 497 g/mol. The van der Waals surface area contributed by atoms with Gasteiger partial charge in [-0.3, -0.25) is 4.79 Å². The summed E-state index contributed by atoms with van der Waals surface area (Å²) in [4.78, 5) is 16.7. The number of sulfone groups is 2. The van der Waals surface area contributed by atoms with Crippen LogP contribution >= 0.6 is 11.3 Å². The number of aliphatic hydroxyl groups excluding tert-OH is 1. The number of primary amides is 1. The maximum atomic E-state index is 12.2. The second-order valence-electron chi connectivity index (χ2n) is 8.06. The third kappa shape index (κ3) is 4.75. The largest absolute Gasteiger partial charge is 0.395 e. The highest BCUT2D eigenvalue weighted by Gasteiger charge is 2.27. The van der Waals surface area contributed by atoms with Gasteiger partial charge in [-0.15, -0.1) is 11.3 Å². The molecule has 0 spiro atoms. The minimum absolute atomic E-state index is 0.0609. The summed E-state index contributed by atoms with van der Waals surface area (Å²) >= 11 is 1.31. The number of carbonyl (C=O) groups is 1. The zero-order chi connectivity index (χ0) is 23.1. The fourth-order valence-electron chi connectivity index (χ4n) is 4.17. The summed E-state index contributed by atoms with van der Waals surface area (Å²) in [6.45, 7) is -0.419. The summed E-state index contributed by atoms with van der Waals surface area (Å²) < 4.78 is 47.7. The smallest absolute Gasteiger partial charge is 0.250 e. The van der Waals surface area contributed by atoms with Gasteiger partial charge in [0.05, 0.1) is 40.7 Å². The van der Waals surface area contributed by atoms with Crippen molar-refractivity contribution in [2.45, 2.75) is 24.5 Å². The molecule has 3 heterocycles. The quantitative estimate of drug-likeness (QED) is 0.457. The number of nitrogens with one attached hydrogen (secondary N) is 1. The number of hydrogen-bond donors (Lipinski definition) is 3. The molecule has 3 aromatic rings. The first kappa shape index (κ1) is 23.0. The minimum atomic E-state index is -3.40. The van der Waals surface area contributed by atoms with E-state index in [1.807, 2.05) is 12.3 Å². The molecule has 4 rings (SSSR count). The van der Waals surface area contributed by atoms with E-state index < -0.39 is 32.2 Å². The van der Waals surface area contributed by atoms with Crippen molar-refractivity contribution in [2.24, 2.45) is 5.73 Å². The van der Waals surface area contributed by atoms with Gasteiger partial charge in [-0.25, -0.2) is 16.8 Å². The van der Waals surface area contributed by atoms with E-state index in [4.69, 9.17) is 10.8 Å². The molecule has 0 radical (unpaired) electrons. The maximum Gasteiger partial charge on any atom is 0.250 e. The van der Waals surface area contributed by atoms with Crippen molar-refractivity contribution < 1.29 is 26.7 Å². The number of aromatic amines is 1. The van der Waals surface area contributed by atoms with Crippen molar-refractivity contribution in [1.29, 1.82) is 0 Å². The topological polar surface area (TPSA) is 147 Å². The summed E-state index contributed by atoms with van der Waals surface area (Å²) in [6.07, 6.45) is 2.87. The average Bonchev–Trinajstić information content (AvgIpc) is 3.33. The molecule has 1 amide bonds. The van der Waals surface area contributed by atoms with E-state index in [1.165, 1.54) is 11.3 Å². The predicted molar refractivity (Wildman–Crippen MR) is 125 cm³/mol. The van der Waals surface area contributed by atoms with E-state index in [0.29, 0.717) is 28.8 Å². The van der Waals surface area contributed by atoms with Crippen molar-refractivity contribution >= 4 is 47.8 Å². The monoisotopic (exact) mass is 496 g/mol. The molecule has 0 aliphatic carbocycles. The molecular formula is C21H24N2O6S3. The molecule has 0 bridgehead atoms. The zero-order valence-electron chi connectivity index (χ0n) is 17.2. The van der Waals surface area contributed by atoms with Gasteiger partial charge in [0.25, 0.3) is 5.91 Å². The van der Waals surface area contributed by atoms with Crippen molar-refractivity contribution in [3.05, 3.63) is 46.5 Å². The Hall–Kier alpha value is -2.21. The highest BCUT2D eigenvalue weighted by atomic mass is 32.2. The predicted octanol–water partition coefficient (Wildman–Crippen LogP) is 2.19. The van der Waals surface area contributed by atoms with Crippen LogP contribution in [0.25, 0.3) is 21.3 Å². The second-order valence-corrected chi connectivity index (χ2v) is 13.7. The van der Waals surface area contributed by atoms with Crippen molar-refractivity contribution in [3.8, 4) is 10.4 Å². The van der Waals surface area contributed by atoms with Crippen LogP contribution in [0.1, 0.15) is 39.6 Å². The van der Waals surface area contributed by atoms with Gasteiger partial charge in [0.15, 0.2) is 9.84 Å². The SMILES string of the molecule is NC(=O)c1cc(-c2ccc(CS(=O)(=O)CCO)s2)cc2c(C3CCS(=O)(=O)CC3)c[nH]c12. The summed E-state index contributed by atoms with van der Waals surface area (Å²) in [7, 11) is -6.40. The lowest BCUT2D eigenvalue weighted by Crippen LogP contribution is -2.22. The highest BCUT2D eigenvalue weighted by molar-refractivity contribution is 7.91. The molecule has 8 nitrogen and oxygen atoms in total. The zero-order valence-corrected chi connectivity index (χ0v) is 19.7. The Labute approximate surface area is 190 Å². The highest BCUT2D eigenvalue weighted by Crippen LogP contribution is 2.38. The number of amides is 1. The molecule has 1 saturated heterocycles. The Balaban J connectivity index is 1.74. The molecule has 1 aliphatic rings.